The van der Waals surface area contributed by atoms with Crippen LogP contribution >= 0.6 is 0 Å². The zero-order valence-electron chi connectivity index (χ0n) is 12.8. The lowest BCUT2D eigenvalue weighted by Crippen LogP contribution is -2.43. The van der Waals surface area contributed by atoms with Crippen LogP contribution < -0.4 is 15.4 Å². The van der Waals surface area contributed by atoms with Crippen molar-refractivity contribution in [2.75, 3.05) is 20.1 Å². The Morgan fingerprint density at radius 3 is 2.70 bits per heavy atom. The number of hydrogen-bond acceptors (Lipinski definition) is 5. The minimum atomic E-state index is -3.63. The number of aliphatic imine (C=N–C) groups is 1. The smallest absolute Gasteiger partial charge is 0.264 e. The van der Waals surface area contributed by atoms with E-state index in [0.717, 1.165) is 5.69 Å². The molecule has 1 heterocycles. The van der Waals surface area contributed by atoms with Gasteiger partial charge in [0.15, 0.2) is 0 Å². The van der Waals surface area contributed by atoms with Crippen LogP contribution in [0, 0.1) is 0 Å². The molecule has 0 saturated carbocycles. The summed E-state index contributed by atoms with van der Waals surface area (Å²) >= 11 is 0. The van der Waals surface area contributed by atoms with Crippen LogP contribution in [0.1, 0.15) is 5.69 Å². The normalized spacial score (nSPS) is 12.1. The predicted octanol–water partition coefficient (Wildman–Crippen LogP) is 0.0532. The number of nitrogens with zero attached hydrogens (tertiary/aromatic N) is 2. The van der Waals surface area contributed by atoms with Crippen molar-refractivity contribution in [2.24, 2.45) is 4.99 Å². The van der Waals surface area contributed by atoms with Crippen molar-refractivity contribution in [3.8, 4) is 0 Å². The van der Waals surface area contributed by atoms with Crippen LogP contribution in [0.15, 0.2) is 52.7 Å². The SMILES string of the molecule is CN=C(NCCNCc1c[nH]cn1)NS(=O)(=O)c1ccccc1. The van der Waals surface area contributed by atoms with Gasteiger partial charge in [-0.3, -0.25) is 4.99 Å². The average Bonchev–Trinajstić information content (AvgIpc) is 3.07. The maximum absolute atomic E-state index is 12.2. The summed E-state index contributed by atoms with van der Waals surface area (Å²) in [5.74, 6) is 0.204. The minimum Gasteiger partial charge on any atom is -0.354 e. The molecule has 0 aliphatic rings. The molecular formula is C14H20N6O2S. The molecule has 0 amide bonds. The van der Waals surface area contributed by atoms with Crippen LogP contribution in [0.25, 0.3) is 0 Å². The zero-order valence-corrected chi connectivity index (χ0v) is 13.6. The second kappa shape index (κ2) is 8.30. The molecule has 0 spiro atoms. The zero-order chi connectivity index (χ0) is 16.5. The van der Waals surface area contributed by atoms with Crippen molar-refractivity contribution < 1.29 is 8.42 Å². The second-order valence-electron chi connectivity index (χ2n) is 4.65. The van der Waals surface area contributed by atoms with Crippen molar-refractivity contribution >= 4 is 16.0 Å². The Balaban J connectivity index is 1.77. The molecule has 1 aromatic heterocycles. The summed E-state index contributed by atoms with van der Waals surface area (Å²) in [5, 5.41) is 6.13. The molecule has 0 fully saturated rings. The molecule has 0 radical (unpaired) electrons. The van der Waals surface area contributed by atoms with Crippen LogP contribution in [0.5, 0.6) is 0 Å². The highest BCUT2D eigenvalue weighted by molar-refractivity contribution is 7.90. The summed E-state index contributed by atoms with van der Waals surface area (Å²) in [6.45, 7) is 1.80. The van der Waals surface area contributed by atoms with E-state index in [4.69, 9.17) is 0 Å². The third-order valence-electron chi connectivity index (χ3n) is 2.96. The molecule has 23 heavy (non-hydrogen) atoms. The van der Waals surface area contributed by atoms with Gasteiger partial charge in [0.25, 0.3) is 10.0 Å². The highest BCUT2D eigenvalue weighted by Crippen LogP contribution is 2.06. The molecule has 0 saturated heterocycles. The fourth-order valence-electron chi connectivity index (χ4n) is 1.82. The third kappa shape index (κ3) is 5.38. The number of sulfonamides is 1. The molecule has 9 heteroatoms. The Labute approximate surface area is 135 Å². The Kier molecular flexibility index (Phi) is 6.12. The highest BCUT2D eigenvalue weighted by atomic mass is 32.2. The van der Waals surface area contributed by atoms with E-state index in [9.17, 15) is 8.42 Å². The Morgan fingerprint density at radius 2 is 2.04 bits per heavy atom. The van der Waals surface area contributed by atoms with Gasteiger partial charge in [0.2, 0.25) is 5.96 Å². The molecule has 1 aromatic carbocycles. The molecular weight excluding hydrogens is 316 g/mol. The van der Waals surface area contributed by atoms with Gasteiger partial charge in [0.1, 0.15) is 0 Å². The second-order valence-corrected chi connectivity index (χ2v) is 6.34. The molecule has 0 aliphatic carbocycles. The van der Waals surface area contributed by atoms with Crippen molar-refractivity contribution in [2.45, 2.75) is 11.4 Å². The van der Waals surface area contributed by atoms with Crippen LogP contribution in [0.3, 0.4) is 0 Å². The largest absolute Gasteiger partial charge is 0.354 e. The van der Waals surface area contributed by atoms with E-state index in [1.807, 2.05) is 6.20 Å². The fourth-order valence-corrected chi connectivity index (χ4v) is 2.87. The minimum absolute atomic E-state index is 0.194. The standard InChI is InChI=1S/C14H20N6O2S/c1-15-14(18-8-7-16-9-12-10-17-11-19-12)20-23(21,22)13-5-3-2-4-6-13/h2-6,10-11,16H,7-9H2,1H3,(H,17,19)(H2,15,18,20). The Morgan fingerprint density at radius 1 is 1.26 bits per heavy atom. The van der Waals surface area contributed by atoms with Gasteiger partial charge in [-0.25, -0.2) is 18.1 Å². The number of nitrogens with one attached hydrogen (secondary N) is 4. The molecule has 0 aliphatic heterocycles. The van der Waals surface area contributed by atoms with Gasteiger partial charge >= 0.3 is 0 Å². The molecule has 4 N–H and O–H groups in total. The number of guanidine groups is 1. The lowest BCUT2D eigenvalue weighted by Gasteiger charge is -2.12. The van der Waals surface area contributed by atoms with Crippen molar-refractivity contribution in [1.82, 2.24) is 25.3 Å². The molecule has 2 rings (SSSR count). The van der Waals surface area contributed by atoms with Crippen molar-refractivity contribution in [3.63, 3.8) is 0 Å². The van der Waals surface area contributed by atoms with Gasteiger partial charge in [-0.15, -0.1) is 0 Å². The average molecular weight is 336 g/mol. The predicted molar refractivity (Wildman–Crippen MR) is 88.4 cm³/mol. The van der Waals surface area contributed by atoms with Gasteiger partial charge in [0.05, 0.1) is 16.9 Å². The number of imidazole rings is 1. The van der Waals surface area contributed by atoms with E-state index in [-0.39, 0.29) is 10.9 Å². The van der Waals surface area contributed by atoms with E-state index < -0.39 is 10.0 Å². The van der Waals surface area contributed by atoms with Gasteiger partial charge in [-0.05, 0) is 12.1 Å². The number of H-pyrrole nitrogens is 1. The fraction of sp³-hybridized carbons (Fsp3) is 0.286. The van der Waals surface area contributed by atoms with Gasteiger partial charge < -0.3 is 15.6 Å². The molecule has 2 aromatic rings. The molecule has 0 atom stereocenters. The van der Waals surface area contributed by atoms with Gasteiger partial charge in [-0.1, -0.05) is 18.2 Å². The summed E-state index contributed by atoms with van der Waals surface area (Å²) < 4.78 is 26.8. The maximum atomic E-state index is 12.2. The van der Waals surface area contributed by atoms with Crippen LogP contribution in [0.4, 0.5) is 0 Å². The first kappa shape index (κ1) is 17.0. The van der Waals surface area contributed by atoms with E-state index in [1.54, 1.807) is 24.5 Å². The monoisotopic (exact) mass is 336 g/mol. The summed E-state index contributed by atoms with van der Waals surface area (Å²) in [5.41, 5.74) is 0.916. The van der Waals surface area contributed by atoms with Crippen LogP contribution in [-0.4, -0.2) is 44.5 Å². The molecule has 8 nitrogen and oxygen atoms in total. The lowest BCUT2D eigenvalue weighted by atomic mass is 10.4. The molecule has 0 bridgehead atoms. The summed E-state index contributed by atoms with van der Waals surface area (Å²) in [4.78, 5) is 11.1. The summed E-state index contributed by atoms with van der Waals surface area (Å²) in [6, 6.07) is 8.16. The number of hydrogen-bond donors (Lipinski definition) is 4. The van der Waals surface area contributed by atoms with Gasteiger partial charge in [-0.2, -0.15) is 0 Å². The number of rotatable bonds is 7. The Bertz CT molecular complexity index is 713. The first-order chi connectivity index (χ1) is 11.1. The lowest BCUT2D eigenvalue weighted by molar-refractivity contribution is 0.591. The van der Waals surface area contributed by atoms with E-state index in [1.165, 1.54) is 19.2 Å². The van der Waals surface area contributed by atoms with Crippen molar-refractivity contribution in [3.05, 3.63) is 48.5 Å². The van der Waals surface area contributed by atoms with Crippen LogP contribution in [0.2, 0.25) is 0 Å². The first-order valence-corrected chi connectivity index (χ1v) is 8.57. The highest BCUT2D eigenvalue weighted by Gasteiger charge is 2.15. The van der Waals surface area contributed by atoms with Crippen LogP contribution in [-0.2, 0) is 16.6 Å². The topological polar surface area (TPSA) is 111 Å². The quantitative estimate of drug-likeness (QED) is 0.324. The maximum Gasteiger partial charge on any atom is 0.264 e. The van der Waals surface area contributed by atoms with Gasteiger partial charge in [0, 0.05) is 32.9 Å². The van der Waals surface area contributed by atoms with Crippen molar-refractivity contribution in [1.29, 1.82) is 0 Å². The summed E-state index contributed by atoms with van der Waals surface area (Å²) in [7, 11) is -2.11. The molecule has 124 valence electrons. The Hall–Kier alpha value is -2.39. The van der Waals surface area contributed by atoms with E-state index in [0.29, 0.717) is 19.6 Å². The first-order valence-electron chi connectivity index (χ1n) is 7.09. The summed E-state index contributed by atoms with van der Waals surface area (Å²) in [6.07, 6.45) is 3.43. The third-order valence-corrected chi connectivity index (χ3v) is 4.32. The number of aromatic amines is 1. The molecule has 0 unspecified atom stereocenters. The number of aromatic nitrogens is 2. The van der Waals surface area contributed by atoms with E-state index >= 15 is 0 Å². The number of benzene rings is 1. The van der Waals surface area contributed by atoms with E-state index in [2.05, 4.69) is 30.3 Å².